The van der Waals surface area contributed by atoms with E-state index in [9.17, 15) is 4.79 Å². The number of aromatic nitrogens is 3. The smallest absolute Gasteiger partial charge is 0.344 e. The molecule has 0 unspecified atom stereocenters. The van der Waals surface area contributed by atoms with E-state index in [0.29, 0.717) is 6.04 Å². The monoisotopic (exact) mass is 355 g/mol. The molecule has 5 nitrogen and oxygen atoms in total. The van der Waals surface area contributed by atoms with E-state index in [1.54, 1.807) is 23.4 Å². The lowest BCUT2D eigenvalue weighted by atomic mass is 10.2. The summed E-state index contributed by atoms with van der Waals surface area (Å²) < 4.78 is 7.91. The number of thioether (sulfide) groups is 1. The van der Waals surface area contributed by atoms with Crippen LogP contribution >= 0.6 is 27.7 Å². The van der Waals surface area contributed by atoms with Crippen molar-refractivity contribution in [3.05, 3.63) is 38.7 Å². The summed E-state index contributed by atoms with van der Waals surface area (Å²) in [6.45, 7) is 0. The van der Waals surface area contributed by atoms with Crippen molar-refractivity contribution in [1.82, 2.24) is 14.8 Å². The van der Waals surface area contributed by atoms with Gasteiger partial charge in [-0.2, -0.15) is 0 Å². The van der Waals surface area contributed by atoms with Crippen LogP contribution in [0.3, 0.4) is 0 Å². The van der Waals surface area contributed by atoms with Crippen molar-refractivity contribution in [2.75, 3.05) is 7.11 Å². The van der Waals surface area contributed by atoms with E-state index in [4.69, 9.17) is 4.74 Å². The maximum Gasteiger partial charge on any atom is 0.344 e. The molecule has 2 aromatic rings. The molecule has 1 aliphatic rings. The van der Waals surface area contributed by atoms with Gasteiger partial charge in [0.2, 0.25) is 0 Å². The van der Waals surface area contributed by atoms with E-state index < -0.39 is 0 Å². The number of ether oxygens (including phenoxy) is 1. The van der Waals surface area contributed by atoms with Crippen LogP contribution in [0.2, 0.25) is 0 Å². The van der Waals surface area contributed by atoms with Gasteiger partial charge >= 0.3 is 5.69 Å². The highest BCUT2D eigenvalue weighted by Gasteiger charge is 2.28. The largest absolute Gasteiger partial charge is 0.496 e. The molecule has 1 saturated carbocycles. The zero-order valence-corrected chi connectivity index (χ0v) is 13.3. The molecule has 106 valence electrons. The van der Waals surface area contributed by atoms with Crippen molar-refractivity contribution >= 4 is 27.7 Å². The van der Waals surface area contributed by atoms with Crippen LogP contribution in [0.15, 0.2) is 32.6 Å². The summed E-state index contributed by atoms with van der Waals surface area (Å²) in [7, 11) is 1.65. The SMILES string of the molecule is COc1ccc(CSc2n[nH]c(=O)n2C2CC2)cc1Br. The van der Waals surface area contributed by atoms with Crippen molar-refractivity contribution in [1.29, 1.82) is 0 Å². The summed E-state index contributed by atoms with van der Waals surface area (Å²) >= 11 is 5.04. The first-order valence-corrected chi connectivity index (χ1v) is 8.09. The molecule has 1 aliphatic carbocycles. The lowest BCUT2D eigenvalue weighted by molar-refractivity contribution is 0.412. The first kappa shape index (κ1) is 13.8. The van der Waals surface area contributed by atoms with Crippen molar-refractivity contribution in [2.45, 2.75) is 29.8 Å². The molecule has 1 N–H and O–H groups in total. The Balaban J connectivity index is 1.73. The topological polar surface area (TPSA) is 59.9 Å². The number of hydrogen-bond acceptors (Lipinski definition) is 4. The fourth-order valence-corrected chi connectivity index (χ4v) is 3.54. The van der Waals surface area contributed by atoms with E-state index in [-0.39, 0.29) is 5.69 Å². The second-order valence-electron chi connectivity index (χ2n) is 4.67. The number of hydrogen-bond donors (Lipinski definition) is 1. The van der Waals surface area contributed by atoms with Gasteiger partial charge in [0.1, 0.15) is 5.75 Å². The highest BCUT2D eigenvalue weighted by molar-refractivity contribution is 9.10. The van der Waals surface area contributed by atoms with Gasteiger partial charge in [0, 0.05) is 11.8 Å². The number of H-pyrrole nitrogens is 1. The summed E-state index contributed by atoms with van der Waals surface area (Å²) in [5, 5.41) is 7.40. The number of nitrogens with one attached hydrogen (secondary N) is 1. The van der Waals surface area contributed by atoms with Crippen LogP contribution in [-0.4, -0.2) is 21.9 Å². The normalized spacial score (nSPS) is 14.5. The number of methoxy groups -OCH3 is 1. The number of nitrogens with zero attached hydrogens (tertiary/aromatic N) is 2. The number of aromatic amines is 1. The van der Waals surface area contributed by atoms with Crippen LogP contribution in [-0.2, 0) is 5.75 Å². The standard InChI is InChI=1S/C13H14BrN3O2S/c1-19-11-5-2-8(6-10(11)14)7-20-13-16-15-12(18)17(13)9-3-4-9/h2,5-6,9H,3-4,7H2,1H3,(H,15,18). The molecule has 1 aromatic heterocycles. The predicted molar refractivity (Wildman–Crippen MR) is 81.4 cm³/mol. The second-order valence-corrected chi connectivity index (χ2v) is 6.47. The Morgan fingerprint density at radius 1 is 1.55 bits per heavy atom. The molecule has 0 aliphatic heterocycles. The van der Waals surface area contributed by atoms with E-state index in [0.717, 1.165) is 39.5 Å². The van der Waals surface area contributed by atoms with Gasteiger partial charge < -0.3 is 4.74 Å². The third-order valence-corrected chi connectivity index (χ3v) is 4.81. The molecule has 0 radical (unpaired) electrons. The van der Waals surface area contributed by atoms with Crippen molar-refractivity contribution in [3.63, 3.8) is 0 Å². The lowest BCUT2D eigenvalue weighted by Gasteiger charge is -2.06. The fraction of sp³-hybridized carbons (Fsp3) is 0.385. The molecule has 0 atom stereocenters. The first-order valence-electron chi connectivity index (χ1n) is 6.31. The Kier molecular flexibility index (Phi) is 3.89. The summed E-state index contributed by atoms with van der Waals surface area (Å²) in [6, 6.07) is 6.31. The molecule has 1 aromatic carbocycles. The molecule has 20 heavy (non-hydrogen) atoms. The molecule has 7 heteroatoms. The Morgan fingerprint density at radius 2 is 2.35 bits per heavy atom. The second kappa shape index (κ2) is 5.65. The summed E-state index contributed by atoms with van der Waals surface area (Å²) in [6.07, 6.45) is 2.14. The fourth-order valence-electron chi connectivity index (χ4n) is 1.99. The molecule has 3 rings (SSSR count). The van der Waals surface area contributed by atoms with Gasteiger partial charge in [-0.25, -0.2) is 9.89 Å². The zero-order valence-electron chi connectivity index (χ0n) is 10.9. The maximum absolute atomic E-state index is 11.7. The Labute approximate surface area is 128 Å². The molecule has 0 bridgehead atoms. The van der Waals surface area contributed by atoms with E-state index >= 15 is 0 Å². The highest BCUT2D eigenvalue weighted by Crippen LogP contribution is 2.36. The van der Waals surface area contributed by atoms with Crippen LogP contribution < -0.4 is 10.4 Å². The Hall–Kier alpha value is -1.21. The molecule has 0 amide bonds. The van der Waals surface area contributed by atoms with E-state index in [1.807, 2.05) is 18.2 Å². The molecule has 1 fully saturated rings. The summed E-state index contributed by atoms with van der Waals surface area (Å²) in [5.41, 5.74) is 1.05. The average Bonchev–Trinajstić information content (AvgIpc) is 3.20. The van der Waals surface area contributed by atoms with Gasteiger partial charge in [-0.1, -0.05) is 17.8 Å². The average molecular weight is 356 g/mol. The van der Waals surface area contributed by atoms with Crippen molar-refractivity contribution < 1.29 is 4.74 Å². The van der Waals surface area contributed by atoms with Crippen molar-refractivity contribution in [2.24, 2.45) is 0 Å². The quantitative estimate of drug-likeness (QED) is 0.837. The molecule has 0 saturated heterocycles. The highest BCUT2D eigenvalue weighted by atomic mass is 79.9. The summed E-state index contributed by atoms with van der Waals surface area (Å²) in [4.78, 5) is 11.7. The molecule has 1 heterocycles. The summed E-state index contributed by atoms with van der Waals surface area (Å²) in [5.74, 6) is 1.58. The third kappa shape index (κ3) is 2.78. The number of benzene rings is 1. The van der Waals surface area contributed by atoms with Crippen molar-refractivity contribution in [3.8, 4) is 5.75 Å². The van der Waals surface area contributed by atoms with Gasteiger partial charge in [0.25, 0.3) is 0 Å². The van der Waals surface area contributed by atoms with Crippen LogP contribution in [0.5, 0.6) is 5.75 Å². The van der Waals surface area contributed by atoms with E-state index in [1.165, 1.54) is 0 Å². The maximum atomic E-state index is 11.7. The molecular weight excluding hydrogens is 342 g/mol. The van der Waals surface area contributed by atoms with Gasteiger partial charge in [0.05, 0.1) is 11.6 Å². The zero-order chi connectivity index (χ0) is 14.1. The Morgan fingerprint density at radius 3 is 3.00 bits per heavy atom. The minimum Gasteiger partial charge on any atom is -0.496 e. The minimum absolute atomic E-state index is 0.106. The van der Waals surface area contributed by atoms with Crippen LogP contribution in [0.25, 0.3) is 0 Å². The molecule has 0 spiro atoms. The van der Waals surface area contributed by atoms with Gasteiger partial charge in [0.15, 0.2) is 5.16 Å². The number of rotatable bonds is 5. The number of halogens is 1. The predicted octanol–water partition coefficient (Wildman–Crippen LogP) is 2.97. The van der Waals surface area contributed by atoms with Crippen LogP contribution in [0, 0.1) is 0 Å². The first-order chi connectivity index (χ1) is 9.69. The van der Waals surface area contributed by atoms with Gasteiger partial charge in [-0.05, 0) is 46.5 Å². The Bertz CT molecular complexity index is 678. The lowest BCUT2D eigenvalue weighted by Crippen LogP contribution is -2.16. The molecular formula is C13H14BrN3O2S. The van der Waals surface area contributed by atoms with Gasteiger partial charge in [-0.15, -0.1) is 5.10 Å². The minimum atomic E-state index is -0.106. The van der Waals surface area contributed by atoms with Crippen LogP contribution in [0.4, 0.5) is 0 Å². The third-order valence-electron chi connectivity index (χ3n) is 3.17. The van der Waals surface area contributed by atoms with E-state index in [2.05, 4.69) is 26.1 Å². The van der Waals surface area contributed by atoms with Crippen LogP contribution in [0.1, 0.15) is 24.4 Å². The van der Waals surface area contributed by atoms with Gasteiger partial charge in [-0.3, -0.25) is 4.57 Å².